The van der Waals surface area contributed by atoms with Crippen LogP contribution in [0.15, 0.2) is 41.5 Å². The molecule has 0 unspecified atom stereocenters. The number of hydrogen-bond acceptors (Lipinski definition) is 2. The van der Waals surface area contributed by atoms with E-state index in [0.29, 0.717) is 5.56 Å². The van der Waals surface area contributed by atoms with E-state index >= 15 is 0 Å². The molecule has 2 aromatic rings. The summed E-state index contributed by atoms with van der Waals surface area (Å²) in [6, 6.07) is 5.49. The lowest BCUT2D eigenvalue weighted by Gasteiger charge is -2.01. The fourth-order valence-corrected chi connectivity index (χ4v) is 1.34. The Balaban J connectivity index is 2.43. The summed E-state index contributed by atoms with van der Waals surface area (Å²) in [5.74, 6) is 0. The summed E-state index contributed by atoms with van der Waals surface area (Å²) in [6.07, 6.45) is 0.355. The molecule has 82 valence electrons. The topological polar surface area (TPSA) is 45.8 Å². The first-order chi connectivity index (χ1) is 7.68. The first kappa shape index (κ1) is 10.5. The molecule has 3 nitrogen and oxygen atoms in total. The van der Waals surface area contributed by atoms with E-state index in [9.17, 15) is 13.6 Å². The second-order valence-electron chi connectivity index (χ2n) is 3.19. The second-order valence-corrected chi connectivity index (χ2v) is 3.19. The summed E-state index contributed by atoms with van der Waals surface area (Å²) in [6.45, 7) is 0. The first-order valence-corrected chi connectivity index (χ1v) is 4.60. The molecule has 0 bridgehead atoms. The smallest absolute Gasteiger partial charge is 0.274 e. The molecule has 0 saturated carbocycles. The Morgan fingerprint density at radius 3 is 2.44 bits per heavy atom. The number of aromatic amines is 1. The SMILES string of the molecule is O=c1[nH]ccnc1-c1ccc(C(F)F)cc1. The van der Waals surface area contributed by atoms with Crippen LogP contribution in [0.3, 0.4) is 0 Å². The van der Waals surface area contributed by atoms with Gasteiger partial charge in [0.1, 0.15) is 5.69 Å². The Morgan fingerprint density at radius 2 is 1.88 bits per heavy atom. The normalized spacial score (nSPS) is 10.7. The highest BCUT2D eigenvalue weighted by atomic mass is 19.3. The maximum absolute atomic E-state index is 12.3. The summed E-state index contributed by atoms with van der Waals surface area (Å²) in [4.78, 5) is 17.7. The molecule has 16 heavy (non-hydrogen) atoms. The highest BCUT2D eigenvalue weighted by molar-refractivity contribution is 5.58. The van der Waals surface area contributed by atoms with Gasteiger partial charge in [0.2, 0.25) is 0 Å². The number of H-pyrrole nitrogens is 1. The Kier molecular flexibility index (Phi) is 2.76. The van der Waals surface area contributed by atoms with Gasteiger partial charge in [0.15, 0.2) is 0 Å². The Morgan fingerprint density at radius 1 is 1.19 bits per heavy atom. The van der Waals surface area contributed by atoms with Crippen LogP contribution in [0.25, 0.3) is 11.3 Å². The molecule has 0 aliphatic heterocycles. The van der Waals surface area contributed by atoms with Crippen LogP contribution in [0.4, 0.5) is 8.78 Å². The number of alkyl halides is 2. The van der Waals surface area contributed by atoms with Gasteiger partial charge < -0.3 is 4.98 Å². The van der Waals surface area contributed by atoms with Crippen molar-refractivity contribution in [1.29, 1.82) is 0 Å². The average molecular weight is 222 g/mol. The molecule has 1 aromatic heterocycles. The van der Waals surface area contributed by atoms with Gasteiger partial charge >= 0.3 is 0 Å². The van der Waals surface area contributed by atoms with Crippen LogP contribution >= 0.6 is 0 Å². The minimum absolute atomic E-state index is 0.0730. The van der Waals surface area contributed by atoms with Crippen molar-refractivity contribution >= 4 is 0 Å². The second kappa shape index (κ2) is 4.22. The Bertz CT molecular complexity index is 534. The fraction of sp³-hybridized carbons (Fsp3) is 0.0909. The summed E-state index contributed by atoms with van der Waals surface area (Å²) in [7, 11) is 0. The van der Waals surface area contributed by atoms with Crippen LogP contribution in [-0.4, -0.2) is 9.97 Å². The molecule has 0 spiro atoms. The zero-order chi connectivity index (χ0) is 11.5. The van der Waals surface area contributed by atoms with Gasteiger partial charge in [0.05, 0.1) is 0 Å². The molecule has 0 saturated heterocycles. The van der Waals surface area contributed by atoms with E-state index in [4.69, 9.17) is 0 Å². The van der Waals surface area contributed by atoms with Crippen LogP contribution in [-0.2, 0) is 0 Å². The summed E-state index contributed by atoms with van der Waals surface area (Å²) < 4.78 is 24.6. The molecular formula is C11H8F2N2O. The maximum atomic E-state index is 12.3. The average Bonchev–Trinajstić information content (AvgIpc) is 2.30. The molecule has 0 aliphatic carbocycles. The van der Waals surface area contributed by atoms with E-state index in [1.165, 1.54) is 36.7 Å². The van der Waals surface area contributed by atoms with Gasteiger partial charge in [-0.3, -0.25) is 4.79 Å². The predicted octanol–water partition coefficient (Wildman–Crippen LogP) is 2.37. The zero-order valence-electron chi connectivity index (χ0n) is 8.15. The largest absolute Gasteiger partial charge is 0.326 e. The third-order valence-electron chi connectivity index (χ3n) is 2.14. The van der Waals surface area contributed by atoms with E-state index in [0.717, 1.165) is 0 Å². The van der Waals surface area contributed by atoms with Gasteiger partial charge in [-0.05, 0) is 0 Å². The van der Waals surface area contributed by atoms with Crippen LogP contribution in [0, 0.1) is 0 Å². The molecule has 0 fully saturated rings. The Labute approximate surface area is 89.8 Å². The van der Waals surface area contributed by atoms with Gasteiger partial charge in [-0.1, -0.05) is 24.3 Å². The molecule has 2 rings (SSSR count). The van der Waals surface area contributed by atoms with Crippen molar-refractivity contribution in [3.8, 4) is 11.3 Å². The minimum atomic E-state index is -2.50. The van der Waals surface area contributed by atoms with E-state index in [-0.39, 0.29) is 16.8 Å². The fourth-order valence-electron chi connectivity index (χ4n) is 1.34. The van der Waals surface area contributed by atoms with E-state index < -0.39 is 6.43 Å². The number of benzene rings is 1. The third kappa shape index (κ3) is 1.98. The molecular weight excluding hydrogens is 214 g/mol. The highest BCUT2D eigenvalue weighted by Crippen LogP contribution is 2.21. The van der Waals surface area contributed by atoms with Gasteiger partial charge in [0, 0.05) is 23.5 Å². The zero-order valence-corrected chi connectivity index (χ0v) is 8.15. The third-order valence-corrected chi connectivity index (χ3v) is 2.14. The number of nitrogens with zero attached hydrogens (tertiary/aromatic N) is 1. The van der Waals surface area contributed by atoms with Gasteiger partial charge in [-0.25, -0.2) is 13.8 Å². The van der Waals surface area contributed by atoms with Crippen LogP contribution in [0.1, 0.15) is 12.0 Å². The lowest BCUT2D eigenvalue weighted by atomic mass is 10.1. The number of halogens is 2. The maximum Gasteiger partial charge on any atom is 0.274 e. The lowest BCUT2D eigenvalue weighted by Crippen LogP contribution is -2.09. The lowest BCUT2D eigenvalue weighted by molar-refractivity contribution is 0.151. The highest BCUT2D eigenvalue weighted by Gasteiger charge is 2.08. The molecule has 0 aliphatic rings. The van der Waals surface area contributed by atoms with Crippen LogP contribution < -0.4 is 5.56 Å². The van der Waals surface area contributed by atoms with Crippen molar-refractivity contribution in [3.63, 3.8) is 0 Å². The van der Waals surface area contributed by atoms with Gasteiger partial charge in [0.25, 0.3) is 12.0 Å². The van der Waals surface area contributed by atoms with Crippen molar-refractivity contribution in [2.45, 2.75) is 6.43 Å². The summed E-state index contributed by atoms with van der Waals surface area (Å²) in [5.41, 5.74) is 0.331. The summed E-state index contributed by atoms with van der Waals surface area (Å²) >= 11 is 0. The van der Waals surface area contributed by atoms with E-state index in [1.807, 2.05) is 0 Å². The van der Waals surface area contributed by atoms with Gasteiger partial charge in [-0.2, -0.15) is 0 Å². The van der Waals surface area contributed by atoms with E-state index in [2.05, 4.69) is 9.97 Å². The van der Waals surface area contributed by atoms with Crippen LogP contribution in [0.5, 0.6) is 0 Å². The monoisotopic (exact) mass is 222 g/mol. The number of nitrogens with one attached hydrogen (secondary N) is 1. The first-order valence-electron chi connectivity index (χ1n) is 4.60. The van der Waals surface area contributed by atoms with Crippen molar-refractivity contribution in [3.05, 3.63) is 52.6 Å². The van der Waals surface area contributed by atoms with Gasteiger partial charge in [-0.15, -0.1) is 0 Å². The van der Waals surface area contributed by atoms with Crippen LogP contribution in [0.2, 0.25) is 0 Å². The van der Waals surface area contributed by atoms with Crippen molar-refractivity contribution in [1.82, 2.24) is 9.97 Å². The van der Waals surface area contributed by atoms with E-state index in [1.54, 1.807) is 0 Å². The minimum Gasteiger partial charge on any atom is -0.326 e. The standard InChI is InChI=1S/C11H8F2N2O/c12-10(13)8-3-1-7(2-4-8)9-11(16)15-6-5-14-9/h1-6,10H,(H,15,16). The number of hydrogen-bond donors (Lipinski definition) is 1. The molecule has 0 amide bonds. The molecule has 0 radical (unpaired) electrons. The number of aromatic nitrogens is 2. The molecule has 1 aromatic carbocycles. The van der Waals surface area contributed by atoms with Crippen molar-refractivity contribution in [2.24, 2.45) is 0 Å². The quantitative estimate of drug-likeness (QED) is 0.847. The number of rotatable bonds is 2. The van der Waals surface area contributed by atoms with Crippen molar-refractivity contribution in [2.75, 3.05) is 0 Å². The Hall–Kier alpha value is -2.04. The molecule has 1 heterocycles. The summed E-state index contributed by atoms with van der Waals surface area (Å²) in [5, 5.41) is 0. The predicted molar refractivity (Wildman–Crippen MR) is 55.3 cm³/mol. The molecule has 0 atom stereocenters. The molecule has 1 N–H and O–H groups in total. The molecule has 5 heteroatoms. The van der Waals surface area contributed by atoms with Crippen molar-refractivity contribution < 1.29 is 8.78 Å².